The third-order valence-electron chi connectivity index (χ3n) is 6.58. The number of unbranched alkanes of at least 4 members (excludes halogenated alkanes) is 1. The summed E-state index contributed by atoms with van der Waals surface area (Å²) >= 11 is 0. The number of para-hydroxylation sites is 2. The van der Waals surface area contributed by atoms with Crippen molar-refractivity contribution in [3.05, 3.63) is 133 Å². The molecular weight excluding hydrogens is 512 g/mol. The molecule has 4 rings (SSSR count). The number of methoxy groups -OCH3 is 1. The van der Waals surface area contributed by atoms with E-state index in [4.69, 9.17) is 19.9 Å². The van der Waals surface area contributed by atoms with Crippen LogP contribution in [-0.2, 0) is 22.5 Å². The second-order valence-corrected chi connectivity index (χ2v) is 9.71. The molecule has 212 valence electrons. The fourth-order valence-corrected chi connectivity index (χ4v) is 4.53. The molecule has 0 unspecified atom stereocenters. The highest BCUT2D eigenvalue weighted by Gasteiger charge is 2.24. The van der Waals surface area contributed by atoms with E-state index in [0.29, 0.717) is 25.9 Å². The van der Waals surface area contributed by atoms with E-state index in [1.54, 1.807) is 0 Å². The molecule has 0 aliphatic rings. The number of allylic oxidation sites excluding steroid dienone is 1. The van der Waals surface area contributed by atoms with Gasteiger partial charge in [0.2, 0.25) is 0 Å². The molecule has 0 aromatic heterocycles. The van der Waals surface area contributed by atoms with Crippen LogP contribution >= 0.6 is 0 Å². The maximum atomic E-state index is 12.9. The van der Waals surface area contributed by atoms with Gasteiger partial charge in [0.25, 0.3) is 0 Å². The fourth-order valence-electron chi connectivity index (χ4n) is 4.53. The summed E-state index contributed by atoms with van der Waals surface area (Å²) in [5, 5.41) is 0. The second-order valence-electron chi connectivity index (χ2n) is 9.71. The van der Waals surface area contributed by atoms with Crippen LogP contribution < -0.4 is 15.2 Å². The highest BCUT2D eigenvalue weighted by molar-refractivity contribution is 5.75. The zero-order chi connectivity index (χ0) is 28.7. The first kappa shape index (κ1) is 29.4. The van der Waals surface area contributed by atoms with Crippen molar-refractivity contribution in [2.45, 2.75) is 38.3 Å². The van der Waals surface area contributed by atoms with Gasteiger partial charge in [-0.1, -0.05) is 66.7 Å². The number of rotatable bonds is 15. The Bertz CT molecular complexity index is 1380. The SMILES string of the molecule is COC(=O)[C@H](CCCCN)N(/C=C/Cc1cccc(Oc2ccccc2)c1)Cc1cccc(Oc2ccccc2)c1. The maximum Gasteiger partial charge on any atom is 0.328 e. The first-order chi connectivity index (χ1) is 20.1. The molecule has 0 heterocycles. The highest BCUT2D eigenvalue weighted by Crippen LogP contribution is 2.25. The number of carbonyl (C=O) groups excluding carboxylic acids is 1. The first-order valence-corrected chi connectivity index (χ1v) is 14.0. The van der Waals surface area contributed by atoms with Gasteiger partial charge in [0, 0.05) is 6.54 Å². The Morgan fingerprint density at radius 2 is 1.32 bits per heavy atom. The minimum atomic E-state index is -0.436. The molecule has 0 aliphatic carbocycles. The van der Waals surface area contributed by atoms with Crippen LogP contribution in [0.2, 0.25) is 0 Å². The molecule has 0 radical (unpaired) electrons. The summed E-state index contributed by atoms with van der Waals surface area (Å²) < 4.78 is 17.3. The maximum absolute atomic E-state index is 12.9. The monoisotopic (exact) mass is 550 g/mol. The Morgan fingerprint density at radius 3 is 1.90 bits per heavy atom. The van der Waals surface area contributed by atoms with Crippen molar-refractivity contribution in [1.82, 2.24) is 4.90 Å². The zero-order valence-corrected chi connectivity index (χ0v) is 23.5. The van der Waals surface area contributed by atoms with Gasteiger partial charge in [-0.25, -0.2) is 4.79 Å². The van der Waals surface area contributed by atoms with Crippen molar-refractivity contribution in [3.8, 4) is 23.0 Å². The van der Waals surface area contributed by atoms with E-state index in [2.05, 4.69) is 12.1 Å². The molecule has 41 heavy (non-hydrogen) atoms. The lowest BCUT2D eigenvalue weighted by molar-refractivity contribution is -0.146. The second kappa shape index (κ2) is 15.9. The molecule has 6 nitrogen and oxygen atoms in total. The standard InChI is InChI=1S/C35H38N2O4/c1-39-35(38)34(22-8-9-23-36)37(27-29-14-11-21-33(26-29)41-31-18-6-3-7-19-31)24-12-15-28-13-10-20-32(25-28)40-30-16-4-2-5-17-30/h2-7,10-14,16-21,24-26,34H,8-9,15,22-23,27,36H2,1H3/b24-12+/t34-/m0/s1. The summed E-state index contributed by atoms with van der Waals surface area (Å²) in [6.45, 7) is 1.10. The topological polar surface area (TPSA) is 74.0 Å². The molecule has 6 heteroatoms. The van der Waals surface area contributed by atoms with E-state index in [-0.39, 0.29) is 5.97 Å². The average molecular weight is 551 g/mol. The smallest absolute Gasteiger partial charge is 0.328 e. The summed E-state index contributed by atoms with van der Waals surface area (Å²) in [4.78, 5) is 15.0. The number of hydrogen-bond donors (Lipinski definition) is 1. The first-order valence-electron chi connectivity index (χ1n) is 14.0. The molecule has 0 amide bonds. The van der Waals surface area contributed by atoms with Crippen LogP contribution in [0, 0.1) is 0 Å². The van der Waals surface area contributed by atoms with Crippen LogP contribution in [0.3, 0.4) is 0 Å². The van der Waals surface area contributed by atoms with Gasteiger partial charge in [-0.05, 0) is 98.1 Å². The number of esters is 1. The van der Waals surface area contributed by atoms with Crippen molar-refractivity contribution in [1.29, 1.82) is 0 Å². The van der Waals surface area contributed by atoms with E-state index < -0.39 is 6.04 Å². The lowest BCUT2D eigenvalue weighted by Gasteiger charge is -2.29. The van der Waals surface area contributed by atoms with Crippen LogP contribution in [0.25, 0.3) is 0 Å². The summed E-state index contributed by atoms with van der Waals surface area (Å²) in [6.07, 6.45) is 7.08. The van der Waals surface area contributed by atoms with E-state index in [0.717, 1.165) is 47.0 Å². The lowest BCUT2D eigenvalue weighted by atomic mass is 10.1. The number of hydrogen-bond acceptors (Lipinski definition) is 6. The van der Waals surface area contributed by atoms with E-state index in [1.165, 1.54) is 7.11 Å². The Balaban J connectivity index is 1.51. The van der Waals surface area contributed by atoms with Gasteiger partial charge in [0.05, 0.1) is 7.11 Å². The number of nitrogens with zero attached hydrogens (tertiary/aromatic N) is 1. The quantitative estimate of drug-likeness (QED) is 0.122. The summed E-state index contributed by atoms with van der Waals surface area (Å²) in [6, 6.07) is 35.0. The van der Waals surface area contributed by atoms with Gasteiger partial charge in [-0.2, -0.15) is 0 Å². The van der Waals surface area contributed by atoms with Crippen LogP contribution in [0.4, 0.5) is 0 Å². The van der Waals surface area contributed by atoms with Gasteiger partial charge < -0.3 is 24.8 Å². The lowest BCUT2D eigenvalue weighted by Crippen LogP contribution is -2.38. The molecular formula is C35H38N2O4. The third kappa shape index (κ3) is 9.55. The van der Waals surface area contributed by atoms with E-state index in [1.807, 2.05) is 114 Å². The van der Waals surface area contributed by atoms with Crippen molar-refractivity contribution in [2.24, 2.45) is 5.73 Å². The van der Waals surface area contributed by atoms with Crippen LogP contribution in [0.1, 0.15) is 30.4 Å². The Morgan fingerprint density at radius 1 is 0.756 bits per heavy atom. The number of carbonyl (C=O) groups is 1. The minimum absolute atomic E-state index is 0.262. The van der Waals surface area contributed by atoms with Crippen molar-refractivity contribution >= 4 is 5.97 Å². The average Bonchev–Trinajstić information content (AvgIpc) is 3.00. The van der Waals surface area contributed by atoms with Crippen molar-refractivity contribution < 1.29 is 19.0 Å². The summed E-state index contributed by atoms with van der Waals surface area (Å²) in [7, 11) is 1.44. The zero-order valence-electron chi connectivity index (χ0n) is 23.5. The predicted molar refractivity (Wildman–Crippen MR) is 163 cm³/mol. The van der Waals surface area contributed by atoms with Gasteiger partial charge in [0.15, 0.2) is 0 Å². The third-order valence-corrected chi connectivity index (χ3v) is 6.58. The molecule has 0 spiro atoms. The molecule has 0 saturated carbocycles. The number of benzene rings is 4. The molecule has 4 aromatic carbocycles. The largest absolute Gasteiger partial charge is 0.467 e. The molecule has 0 bridgehead atoms. The van der Waals surface area contributed by atoms with E-state index >= 15 is 0 Å². The van der Waals surface area contributed by atoms with Gasteiger partial charge in [0.1, 0.15) is 29.0 Å². The van der Waals surface area contributed by atoms with Crippen LogP contribution in [-0.4, -0.2) is 30.6 Å². The minimum Gasteiger partial charge on any atom is -0.467 e. The Labute approximate surface area is 243 Å². The van der Waals surface area contributed by atoms with Gasteiger partial charge in [-0.3, -0.25) is 0 Å². The normalized spacial score (nSPS) is 11.7. The Hall–Kier alpha value is -4.55. The Kier molecular flexibility index (Phi) is 11.4. The molecule has 0 aliphatic heterocycles. The van der Waals surface area contributed by atoms with E-state index in [9.17, 15) is 4.79 Å². The van der Waals surface area contributed by atoms with Gasteiger partial charge >= 0.3 is 5.97 Å². The van der Waals surface area contributed by atoms with Crippen molar-refractivity contribution in [2.75, 3.05) is 13.7 Å². The molecule has 0 saturated heterocycles. The summed E-state index contributed by atoms with van der Waals surface area (Å²) in [5.41, 5.74) is 7.87. The van der Waals surface area contributed by atoms with Crippen molar-refractivity contribution in [3.63, 3.8) is 0 Å². The predicted octanol–water partition coefficient (Wildman–Crippen LogP) is 7.50. The number of ether oxygens (including phenoxy) is 3. The fraction of sp³-hybridized carbons (Fsp3) is 0.229. The highest BCUT2D eigenvalue weighted by atomic mass is 16.5. The van der Waals surface area contributed by atoms with Crippen LogP contribution in [0.15, 0.2) is 121 Å². The number of nitrogens with two attached hydrogens (primary N) is 1. The molecule has 1 atom stereocenters. The molecule has 2 N–H and O–H groups in total. The molecule has 0 fully saturated rings. The van der Waals surface area contributed by atoms with Gasteiger partial charge in [-0.15, -0.1) is 0 Å². The van der Waals surface area contributed by atoms with Crippen LogP contribution in [0.5, 0.6) is 23.0 Å². The molecule has 4 aromatic rings. The summed E-state index contributed by atoms with van der Waals surface area (Å²) in [5.74, 6) is 2.83.